The van der Waals surface area contributed by atoms with Crippen LogP contribution in [0.15, 0.2) is 87.8 Å². The molecule has 0 saturated carbocycles. The first kappa shape index (κ1) is 31.3. The average molecular weight is 624 g/mol. The zero-order valence-electron chi connectivity index (χ0n) is 25.5. The van der Waals surface area contributed by atoms with Gasteiger partial charge >= 0.3 is 5.97 Å². The van der Waals surface area contributed by atoms with Crippen LogP contribution in [0.5, 0.6) is 17.2 Å². The molecule has 0 radical (unpaired) electrons. The topological polar surface area (TPSA) is 112 Å². The lowest BCUT2D eigenvalue weighted by molar-refractivity contribution is -0.139. The number of thiazole rings is 1. The van der Waals surface area contributed by atoms with E-state index in [1.807, 2.05) is 68.4 Å². The molecule has 1 unspecified atom stereocenters. The van der Waals surface area contributed by atoms with Gasteiger partial charge in [-0.2, -0.15) is 5.26 Å². The van der Waals surface area contributed by atoms with Gasteiger partial charge in [-0.25, -0.2) is 9.79 Å². The number of carbonyl (C=O) groups is 1. The minimum Gasteiger partial charge on any atom is -0.490 e. The van der Waals surface area contributed by atoms with Gasteiger partial charge in [-0.1, -0.05) is 47.7 Å². The van der Waals surface area contributed by atoms with E-state index in [0.29, 0.717) is 62.2 Å². The van der Waals surface area contributed by atoms with Gasteiger partial charge in [-0.15, -0.1) is 0 Å². The second kappa shape index (κ2) is 14.1. The molecule has 0 spiro atoms. The lowest BCUT2D eigenvalue weighted by atomic mass is 9.95. The van der Waals surface area contributed by atoms with Crippen molar-refractivity contribution in [3.8, 4) is 23.3 Å². The average Bonchev–Trinajstić information content (AvgIpc) is 3.34. The Morgan fingerprint density at radius 2 is 1.71 bits per heavy atom. The molecule has 0 fully saturated rings. The number of esters is 1. The van der Waals surface area contributed by atoms with Gasteiger partial charge in [0.1, 0.15) is 12.4 Å². The van der Waals surface area contributed by atoms with Crippen LogP contribution < -0.4 is 29.1 Å². The minimum atomic E-state index is -0.774. The number of hydrogen-bond acceptors (Lipinski definition) is 9. The van der Waals surface area contributed by atoms with E-state index in [1.54, 1.807) is 36.6 Å². The summed E-state index contributed by atoms with van der Waals surface area (Å²) >= 11 is 1.25. The zero-order valence-corrected chi connectivity index (χ0v) is 26.3. The molecule has 0 aliphatic carbocycles. The smallest absolute Gasteiger partial charge is 0.338 e. The third-order valence-corrected chi connectivity index (χ3v) is 8.09. The number of nitriles is 1. The lowest BCUT2D eigenvalue weighted by Gasteiger charge is -2.25. The van der Waals surface area contributed by atoms with E-state index >= 15 is 0 Å². The monoisotopic (exact) mass is 623 g/mol. The highest BCUT2D eigenvalue weighted by Gasteiger charge is 2.34. The van der Waals surface area contributed by atoms with Crippen molar-refractivity contribution in [1.82, 2.24) is 4.57 Å². The van der Waals surface area contributed by atoms with Gasteiger partial charge in [0, 0.05) is 5.56 Å². The largest absolute Gasteiger partial charge is 0.490 e. The Morgan fingerprint density at radius 1 is 0.978 bits per heavy atom. The van der Waals surface area contributed by atoms with Gasteiger partial charge in [-0.05, 0) is 75.2 Å². The number of rotatable bonds is 11. The van der Waals surface area contributed by atoms with Gasteiger partial charge < -0.3 is 18.9 Å². The van der Waals surface area contributed by atoms with Crippen molar-refractivity contribution in [2.45, 2.75) is 40.3 Å². The van der Waals surface area contributed by atoms with E-state index < -0.39 is 12.0 Å². The Hall–Kier alpha value is -5.14. The molecule has 4 aromatic rings. The molecule has 1 aromatic heterocycles. The molecule has 10 heteroatoms. The normalized spacial score (nSPS) is 14.3. The van der Waals surface area contributed by atoms with E-state index in [2.05, 4.69) is 11.1 Å². The SMILES string of the molecule is CCOC(=O)C1=C(C)N=c2sc(=Cc3ccc(OCc4ccccc4C#N)cc3)c(=O)n2C1c1ccc(OCC)c(OCC)c1. The van der Waals surface area contributed by atoms with Crippen LogP contribution in [-0.4, -0.2) is 30.4 Å². The molecule has 45 heavy (non-hydrogen) atoms. The highest BCUT2D eigenvalue weighted by molar-refractivity contribution is 7.07. The molecule has 1 aliphatic heterocycles. The maximum atomic E-state index is 14.0. The zero-order chi connectivity index (χ0) is 31.9. The summed E-state index contributed by atoms with van der Waals surface area (Å²) in [5, 5.41) is 9.32. The molecule has 5 rings (SSSR count). The number of nitrogens with zero attached hydrogens (tertiary/aromatic N) is 3. The van der Waals surface area contributed by atoms with Crippen molar-refractivity contribution < 1.29 is 23.7 Å². The quantitative estimate of drug-likeness (QED) is 0.215. The Morgan fingerprint density at radius 3 is 2.42 bits per heavy atom. The Bertz CT molecular complexity index is 1970. The Labute approximate surface area is 264 Å². The second-order valence-electron chi connectivity index (χ2n) is 10.0. The van der Waals surface area contributed by atoms with Gasteiger partial charge in [0.2, 0.25) is 0 Å². The van der Waals surface area contributed by atoms with Crippen LogP contribution in [0.25, 0.3) is 6.08 Å². The van der Waals surface area contributed by atoms with Crippen LogP contribution in [0.1, 0.15) is 56.0 Å². The van der Waals surface area contributed by atoms with Gasteiger partial charge in [0.15, 0.2) is 16.3 Å². The first-order chi connectivity index (χ1) is 21.9. The molecule has 3 aromatic carbocycles. The fourth-order valence-corrected chi connectivity index (χ4v) is 6.12. The summed E-state index contributed by atoms with van der Waals surface area (Å²) in [7, 11) is 0. The third-order valence-electron chi connectivity index (χ3n) is 7.11. The first-order valence-electron chi connectivity index (χ1n) is 14.7. The van der Waals surface area contributed by atoms with Crippen molar-refractivity contribution in [2.24, 2.45) is 4.99 Å². The molecule has 1 atom stereocenters. The van der Waals surface area contributed by atoms with Gasteiger partial charge in [0.05, 0.1) is 53.3 Å². The molecular weight excluding hydrogens is 590 g/mol. The molecule has 0 saturated heterocycles. The van der Waals surface area contributed by atoms with E-state index in [9.17, 15) is 14.9 Å². The van der Waals surface area contributed by atoms with Crippen LogP contribution in [0.4, 0.5) is 0 Å². The van der Waals surface area contributed by atoms with Crippen molar-refractivity contribution in [3.63, 3.8) is 0 Å². The highest BCUT2D eigenvalue weighted by atomic mass is 32.1. The molecular formula is C35H33N3O6S. The number of ether oxygens (including phenoxy) is 4. The van der Waals surface area contributed by atoms with Gasteiger partial charge in [0.25, 0.3) is 5.56 Å². The van der Waals surface area contributed by atoms with Crippen LogP contribution in [0.2, 0.25) is 0 Å². The summed E-state index contributed by atoms with van der Waals surface area (Å²) in [6.45, 7) is 8.60. The standard InChI is InChI=1S/C35H33N3O6S/c1-5-41-28-17-14-24(19-29(28)42-6-2)32-31(34(40)43-7-3)22(4)37-35-38(32)33(39)30(45-35)18-23-12-15-27(16-13-23)44-21-26-11-9-8-10-25(26)20-36/h8-19,32H,5-7,21H2,1-4H3. The summed E-state index contributed by atoms with van der Waals surface area (Å²) in [5.74, 6) is 1.21. The number of hydrogen-bond donors (Lipinski definition) is 0. The Balaban J connectivity index is 1.52. The molecule has 230 valence electrons. The molecule has 0 N–H and O–H groups in total. The minimum absolute atomic E-state index is 0.185. The van der Waals surface area contributed by atoms with Crippen LogP contribution in [0, 0.1) is 11.3 Å². The van der Waals surface area contributed by atoms with E-state index in [-0.39, 0.29) is 18.8 Å². The van der Waals surface area contributed by atoms with Gasteiger partial charge in [-0.3, -0.25) is 9.36 Å². The summed E-state index contributed by atoms with van der Waals surface area (Å²) in [6, 6.07) is 21.5. The predicted octanol–water partition coefficient (Wildman–Crippen LogP) is 5.05. The summed E-state index contributed by atoms with van der Waals surface area (Å²) in [4.78, 5) is 32.4. The number of allylic oxidation sites excluding steroid dienone is 1. The number of benzene rings is 3. The number of carbonyl (C=O) groups excluding carboxylic acids is 1. The van der Waals surface area contributed by atoms with Crippen LogP contribution in [0.3, 0.4) is 0 Å². The van der Waals surface area contributed by atoms with E-state index in [4.69, 9.17) is 18.9 Å². The van der Waals surface area contributed by atoms with E-state index in [1.165, 1.54) is 11.3 Å². The van der Waals surface area contributed by atoms with Crippen LogP contribution in [-0.2, 0) is 16.1 Å². The maximum absolute atomic E-state index is 14.0. The number of fused-ring (bicyclic) bond motifs is 1. The van der Waals surface area contributed by atoms with Crippen LogP contribution >= 0.6 is 11.3 Å². The molecule has 0 bridgehead atoms. The van der Waals surface area contributed by atoms with Crippen molar-refractivity contribution in [2.75, 3.05) is 19.8 Å². The summed E-state index contributed by atoms with van der Waals surface area (Å²) < 4.78 is 24.9. The molecule has 1 aliphatic rings. The van der Waals surface area contributed by atoms with Crippen molar-refractivity contribution in [1.29, 1.82) is 5.26 Å². The maximum Gasteiger partial charge on any atom is 0.338 e. The lowest BCUT2D eigenvalue weighted by Crippen LogP contribution is -2.40. The highest BCUT2D eigenvalue weighted by Crippen LogP contribution is 2.36. The summed E-state index contributed by atoms with van der Waals surface area (Å²) in [6.07, 6.45) is 1.79. The van der Waals surface area contributed by atoms with E-state index in [0.717, 1.165) is 11.1 Å². The van der Waals surface area contributed by atoms with Crippen molar-refractivity contribution in [3.05, 3.63) is 120 Å². The first-order valence-corrected chi connectivity index (χ1v) is 15.5. The fourth-order valence-electron chi connectivity index (χ4n) is 5.07. The molecule has 9 nitrogen and oxygen atoms in total. The number of aromatic nitrogens is 1. The fraction of sp³-hybridized carbons (Fsp3) is 0.257. The third kappa shape index (κ3) is 6.69. The Kier molecular flexibility index (Phi) is 9.80. The molecule has 0 amide bonds. The predicted molar refractivity (Wildman–Crippen MR) is 171 cm³/mol. The summed E-state index contributed by atoms with van der Waals surface area (Å²) in [5.41, 5.74) is 3.34. The van der Waals surface area contributed by atoms with Crippen molar-refractivity contribution >= 4 is 23.4 Å². The molecule has 2 heterocycles. The second-order valence-corrected chi connectivity index (χ2v) is 11.0.